The highest BCUT2D eigenvalue weighted by molar-refractivity contribution is 5.88. The summed E-state index contributed by atoms with van der Waals surface area (Å²) in [5.74, 6) is 2.65. The molecule has 4 bridgehead atoms. The van der Waals surface area contributed by atoms with Crippen LogP contribution in [0.15, 0.2) is 60.7 Å². The molecule has 0 radical (unpaired) electrons. The van der Waals surface area contributed by atoms with E-state index in [1.165, 1.54) is 38.5 Å². The summed E-state index contributed by atoms with van der Waals surface area (Å²) in [6.45, 7) is 3.00. The summed E-state index contributed by atoms with van der Waals surface area (Å²) in [4.78, 5) is 16.4. The molecule has 2 nitrogen and oxygen atoms in total. The van der Waals surface area contributed by atoms with E-state index in [2.05, 4.69) is 60.4 Å². The Bertz CT molecular complexity index is 753. The lowest BCUT2D eigenvalue weighted by Crippen LogP contribution is -2.62. The molecule has 4 aliphatic rings. The van der Waals surface area contributed by atoms with Crippen molar-refractivity contribution in [2.24, 2.45) is 17.8 Å². The third kappa shape index (κ3) is 2.98. The number of amides is 1. The molecule has 28 heavy (non-hydrogen) atoms. The average Bonchev–Trinajstić information content (AvgIpc) is 2.69. The van der Waals surface area contributed by atoms with E-state index in [0.29, 0.717) is 5.91 Å². The van der Waals surface area contributed by atoms with Gasteiger partial charge in [0.05, 0.1) is 5.92 Å². The van der Waals surface area contributed by atoms with Crippen LogP contribution in [0.5, 0.6) is 0 Å². The van der Waals surface area contributed by atoms with Crippen LogP contribution in [0.3, 0.4) is 0 Å². The molecule has 0 atom stereocenters. The number of hydrogen-bond acceptors (Lipinski definition) is 1. The van der Waals surface area contributed by atoms with Crippen LogP contribution in [-0.2, 0) is 4.79 Å². The van der Waals surface area contributed by atoms with E-state index in [1.54, 1.807) is 0 Å². The Morgan fingerprint density at radius 3 is 1.68 bits per heavy atom. The molecule has 2 heteroatoms. The van der Waals surface area contributed by atoms with Crippen LogP contribution in [-0.4, -0.2) is 22.9 Å². The lowest BCUT2D eigenvalue weighted by Gasteiger charge is -2.60. The van der Waals surface area contributed by atoms with E-state index in [1.807, 2.05) is 12.1 Å². The van der Waals surface area contributed by atoms with Crippen LogP contribution in [0.25, 0.3) is 0 Å². The van der Waals surface area contributed by atoms with Crippen molar-refractivity contribution in [3.05, 3.63) is 71.8 Å². The number of carbonyl (C=O) groups is 1. The van der Waals surface area contributed by atoms with Gasteiger partial charge in [-0.1, -0.05) is 60.7 Å². The Balaban J connectivity index is 1.53. The van der Waals surface area contributed by atoms with Gasteiger partial charge in [0.2, 0.25) is 5.91 Å². The molecular weight excluding hydrogens is 342 g/mol. The van der Waals surface area contributed by atoms with Crippen LogP contribution >= 0.6 is 0 Å². The van der Waals surface area contributed by atoms with Crippen LogP contribution in [0, 0.1) is 17.8 Å². The SMILES string of the molecule is CCN(C(=O)C(c1ccccc1)c1ccccc1)C12CC3CC(CC(C3)C1)C2. The predicted molar refractivity (Wildman–Crippen MR) is 113 cm³/mol. The number of hydrogen-bond donors (Lipinski definition) is 0. The maximum Gasteiger partial charge on any atom is 0.235 e. The molecule has 6 rings (SSSR count). The van der Waals surface area contributed by atoms with Gasteiger partial charge in [-0.2, -0.15) is 0 Å². The first-order chi connectivity index (χ1) is 13.7. The van der Waals surface area contributed by atoms with Crippen LogP contribution in [0.1, 0.15) is 62.5 Å². The molecule has 0 spiro atoms. The van der Waals surface area contributed by atoms with Crippen LogP contribution in [0.4, 0.5) is 0 Å². The maximum atomic E-state index is 14.1. The predicted octanol–water partition coefficient (Wildman–Crippen LogP) is 5.64. The number of nitrogens with zero attached hydrogens (tertiary/aromatic N) is 1. The summed E-state index contributed by atoms with van der Waals surface area (Å²) in [6.07, 6.45) is 7.92. The van der Waals surface area contributed by atoms with Crippen molar-refractivity contribution in [1.82, 2.24) is 4.90 Å². The number of likely N-dealkylation sites (N-methyl/N-ethyl adjacent to an activating group) is 1. The molecule has 0 saturated heterocycles. The molecule has 0 aromatic heterocycles. The minimum atomic E-state index is -0.199. The Hall–Kier alpha value is -2.09. The monoisotopic (exact) mass is 373 g/mol. The molecule has 2 aromatic rings. The van der Waals surface area contributed by atoms with Gasteiger partial charge in [-0.3, -0.25) is 4.79 Å². The number of carbonyl (C=O) groups excluding carboxylic acids is 1. The molecule has 146 valence electrons. The third-order valence-electron chi connectivity index (χ3n) is 7.67. The highest BCUT2D eigenvalue weighted by atomic mass is 16.2. The standard InChI is InChI=1S/C26H31NO/c1-2-27(26-16-19-13-20(17-26)15-21(14-19)18-26)25(28)24(22-9-5-3-6-10-22)23-11-7-4-8-12-23/h3-12,19-21,24H,2,13-18H2,1H3. The zero-order chi connectivity index (χ0) is 19.1. The van der Waals surface area contributed by atoms with E-state index < -0.39 is 0 Å². The van der Waals surface area contributed by atoms with Crippen molar-refractivity contribution in [2.75, 3.05) is 6.54 Å². The van der Waals surface area contributed by atoms with Gasteiger partial charge in [-0.25, -0.2) is 0 Å². The van der Waals surface area contributed by atoms with E-state index in [0.717, 1.165) is 35.4 Å². The van der Waals surface area contributed by atoms with Crippen molar-refractivity contribution >= 4 is 5.91 Å². The first-order valence-corrected chi connectivity index (χ1v) is 11.1. The first-order valence-electron chi connectivity index (χ1n) is 11.1. The molecule has 0 N–H and O–H groups in total. The largest absolute Gasteiger partial charge is 0.336 e. The highest BCUT2D eigenvalue weighted by Crippen LogP contribution is 2.58. The molecule has 0 aliphatic heterocycles. The van der Waals surface area contributed by atoms with E-state index in [9.17, 15) is 4.79 Å². The molecular formula is C26H31NO. The summed E-state index contributed by atoms with van der Waals surface area (Å²) in [7, 11) is 0. The minimum absolute atomic E-state index is 0.113. The Labute approximate surface area is 169 Å². The van der Waals surface area contributed by atoms with Crippen molar-refractivity contribution in [2.45, 2.75) is 56.9 Å². The third-order valence-corrected chi connectivity index (χ3v) is 7.67. The molecule has 0 unspecified atom stereocenters. The molecule has 4 fully saturated rings. The first kappa shape index (κ1) is 18.0. The fraction of sp³-hybridized carbons (Fsp3) is 0.500. The van der Waals surface area contributed by atoms with Gasteiger partial charge in [0.25, 0.3) is 0 Å². The summed E-state index contributed by atoms with van der Waals surface area (Å²) < 4.78 is 0. The molecule has 1 amide bonds. The summed E-state index contributed by atoms with van der Waals surface area (Å²) in [5, 5.41) is 0. The van der Waals surface area contributed by atoms with Crippen molar-refractivity contribution in [1.29, 1.82) is 0 Å². The Morgan fingerprint density at radius 1 is 0.857 bits per heavy atom. The fourth-order valence-corrected chi connectivity index (χ4v) is 7.04. The fourth-order valence-electron chi connectivity index (χ4n) is 7.04. The van der Waals surface area contributed by atoms with Gasteiger partial charge in [0.1, 0.15) is 0 Å². The van der Waals surface area contributed by atoms with E-state index >= 15 is 0 Å². The van der Waals surface area contributed by atoms with Gasteiger partial charge in [0.15, 0.2) is 0 Å². The van der Waals surface area contributed by atoms with Crippen molar-refractivity contribution in [3.8, 4) is 0 Å². The molecule has 0 heterocycles. The molecule has 2 aromatic carbocycles. The lowest BCUT2D eigenvalue weighted by atomic mass is 9.52. The van der Waals surface area contributed by atoms with Gasteiger partial charge in [-0.05, 0) is 74.3 Å². The lowest BCUT2D eigenvalue weighted by molar-refractivity contribution is -0.151. The van der Waals surface area contributed by atoms with Crippen molar-refractivity contribution in [3.63, 3.8) is 0 Å². The van der Waals surface area contributed by atoms with Crippen molar-refractivity contribution < 1.29 is 4.79 Å². The minimum Gasteiger partial charge on any atom is -0.336 e. The Morgan fingerprint density at radius 2 is 1.29 bits per heavy atom. The average molecular weight is 374 g/mol. The summed E-state index contributed by atoms with van der Waals surface area (Å²) in [5.41, 5.74) is 2.34. The van der Waals surface area contributed by atoms with Crippen LogP contribution < -0.4 is 0 Å². The maximum absolute atomic E-state index is 14.1. The normalized spacial score (nSPS) is 30.6. The van der Waals surface area contributed by atoms with Gasteiger partial charge < -0.3 is 4.90 Å². The second-order valence-corrected chi connectivity index (χ2v) is 9.48. The zero-order valence-electron chi connectivity index (χ0n) is 16.9. The second-order valence-electron chi connectivity index (χ2n) is 9.48. The summed E-state index contributed by atoms with van der Waals surface area (Å²) in [6, 6.07) is 20.7. The number of benzene rings is 2. The zero-order valence-corrected chi connectivity index (χ0v) is 16.9. The topological polar surface area (TPSA) is 20.3 Å². The van der Waals surface area contributed by atoms with Gasteiger partial charge in [0, 0.05) is 12.1 Å². The van der Waals surface area contributed by atoms with Crippen LogP contribution in [0.2, 0.25) is 0 Å². The van der Waals surface area contributed by atoms with E-state index in [4.69, 9.17) is 0 Å². The Kier molecular flexibility index (Phi) is 4.53. The van der Waals surface area contributed by atoms with Gasteiger partial charge in [-0.15, -0.1) is 0 Å². The number of rotatable bonds is 5. The quantitative estimate of drug-likeness (QED) is 0.664. The smallest absolute Gasteiger partial charge is 0.235 e. The van der Waals surface area contributed by atoms with Gasteiger partial charge >= 0.3 is 0 Å². The van der Waals surface area contributed by atoms with E-state index in [-0.39, 0.29) is 11.5 Å². The molecule has 4 aliphatic carbocycles. The second kappa shape index (κ2) is 7.06. The summed E-state index contributed by atoms with van der Waals surface area (Å²) >= 11 is 0. The highest BCUT2D eigenvalue weighted by Gasteiger charge is 2.54. The molecule has 4 saturated carbocycles.